The average molecular weight is 288 g/mol. The highest BCUT2D eigenvalue weighted by Crippen LogP contribution is 2.24. The number of carbonyl (C=O) groups excluding carboxylic acids is 1. The number of likely N-dealkylation sites (tertiary alicyclic amines) is 1. The topological polar surface area (TPSA) is 77.9 Å². The molecule has 1 N–H and O–H groups in total. The average Bonchev–Trinajstić information content (AvgIpc) is 2.38. The summed E-state index contributed by atoms with van der Waals surface area (Å²) in [6.07, 6.45) is 1.36. The zero-order valence-corrected chi connectivity index (χ0v) is 11.9. The van der Waals surface area contributed by atoms with Crippen LogP contribution in [0.3, 0.4) is 0 Å². The van der Waals surface area contributed by atoms with Gasteiger partial charge in [-0.2, -0.15) is 0 Å². The van der Waals surface area contributed by atoms with Gasteiger partial charge in [0, 0.05) is 41.9 Å². The van der Waals surface area contributed by atoms with Gasteiger partial charge in [-0.05, 0) is 18.8 Å². The normalized spacial score (nSPS) is 29.3. The molecule has 0 bridgehead atoms. The largest absolute Gasteiger partial charge is 0.480 e. The van der Waals surface area contributed by atoms with Crippen molar-refractivity contribution in [1.82, 2.24) is 9.80 Å². The van der Waals surface area contributed by atoms with Crippen molar-refractivity contribution in [1.29, 1.82) is 0 Å². The smallest absolute Gasteiger partial charge is 0.326 e. The molecule has 0 aromatic carbocycles. The summed E-state index contributed by atoms with van der Waals surface area (Å²) in [5.74, 6) is 0.390. The van der Waals surface area contributed by atoms with Gasteiger partial charge in [0.25, 0.3) is 0 Å². The van der Waals surface area contributed by atoms with Crippen molar-refractivity contribution >= 4 is 22.8 Å². The molecule has 2 aliphatic rings. The van der Waals surface area contributed by atoms with E-state index in [1.54, 1.807) is 4.90 Å². The summed E-state index contributed by atoms with van der Waals surface area (Å²) < 4.78 is 11.3. The van der Waals surface area contributed by atoms with Gasteiger partial charge in [0.1, 0.15) is 6.04 Å². The number of urea groups is 1. The molecule has 2 aliphatic heterocycles. The number of amides is 2. The Bertz CT molecular complexity index is 391. The van der Waals surface area contributed by atoms with Gasteiger partial charge in [-0.3, -0.25) is 4.21 Å². The van der Waals surface area contributed by atoms with Crippen molar-refractivity contribution in [2.24, 2.45) is 5.92 Å². The number of carbonyl (C=O) groups is 2. The Hall–Kier alpha value is -1.11. The molecule has 2 fully saturated rings. The molecular weight excluding hydrogens is 268 g/mol. The van der Waals surface area contributed by atoms with E-state index in [4.69, 9.17) is 0 Å². The van der Waals surface area contributed by atoms with E-state index in [2.05, 4.69) is 0 Å². The quantitative estimate of drug-likeness (QED) is 0.755. The Balaban J connectivity index is 2.04. The summed E-state index contributed by atoms with van der Waals surface area (Å²) >= 11 is 0. The van der Waals surface area contributed by atoms with Crippen LogP contribution in [0.15, 0.2) is 0 Å². The lowest BCUT2D eigenvalue weighted by Crippen LogP contribution is -2.56. The first-order valence-corrected chi connectivity index (χ1v) is 8.11. The maximum absolute atomic E-state index is 12.4. The highest BCUT2D eigenvalue weighted by molar-refractivity contribution is 7.85. The fourth-order valence-electron chi connectivity index (χ4n) is 2.62. The molecule has 2 rings (SSSR count). The first kappa shape index (κ1) is 14.3. The van der Waals surface area contributed by atoms with Crippen LogP contribution < -0.4 is 0 Å². The predicted molar refractivity (Wildman–Crippen MR) is 71.4 cm³/mol. The fraction of sp³-hybridized carbons (Fsp3) is 0.833. The summed E-state index contributed by atoms with van der Waals surface area (Å²) in [4.78, 5) is 26.8. The van der Waals surface area contributed by atoms with Gasteiger partial charge in [0.15, 0.2) is 0 Å². The second kappa shape index (κ2) is 5.90. The summed E-state index contributed by atoms with van der Waals surface area (Å²) in [6, 6.07) is -0.931. The van der Waals surface area contributed by atoms with Crippen molar-refractivity contribution in [2.75, 3.05) is 31.1 Å². The molecule has 2 saturated heterocycles. The van der Waals surface area contributed by atoms with Crippen LogP contribution in [-0.4, -0.2) is 68.3 Å². The molecule has 2 amide bonds. The molecule has 0 spiro atoms. The zero-order chi connectivity index (χ0) is 14.0. The standard InChI is InChI=1S/C12H20N2O4S/c1-9-2-3-14(10(8-9)11(15)16)12(17)13-4-6-19(18)7-5-13/h9-10H,2-8H2,1H3,(H,15,16). The van der Waals surface area contributed by atoms with Gasteiger partial charge in [0.05, 0.1) is 0 Å². The lowest BCUT2D eigenvalue weighted by atomic mass is 9.92. The second-order valence-corrected chi connectivity index (χ2v) is 6.99. The van der Waals surface area contributed by atoms with E-state index >= 15 is 0 Å². The highest BCUT2D eigenvalue weighted by atomic mass is 32.2. The van der Waals surface area contributed by atoms with Crippen molar-refractivity contribution in [3.63, 3.8) is 0 Å². The second-order valence-electron chi connectivity index (χ2n) is 5.29. The molecular formula is C12H20N2O4S. The Morgan fingerprint density at radius 2 is 1.84 bits per heavy atom. The first-order valence-electron chi connectivity index (χ1n) is 6.62. The van der Waals surface area contributed by atoms with E-state index in [0.29, 0.717) is 43.5 Å². The Morgan fingerprint density at radius 1 is 1.21 bits per heavy atom. The minimum absolute atomic E-state index is 0.212. The SMILES string of the molecule is CC1CCN(C(=O)N2CCS(=O)CC2)C(C(=O)O)C1. The van der Waals surface area contributed by atoms with Crippen LogP contribution in [0.1, 0.15) is 19.8 Å². The maximum Gasteiger partial charge on any atom is 0.326 e. The lowest BCUT2D eigenvalue weighted by Gasteiger charge is -2.39. The summed E-state index contributed by atoms with van der Waals surface area (Å²) in [5, 5.41) is 9.25. The molecule has 108 valence electrons. The lowest BCUT2D eigenvalue weighted by molar-refractivity contribution is -0.144. The monoisotopic (exact) mass is 288 g/mol. The van der Waals surface area contributed by atoms with E-state index in [1.807, 2.05) is 6.92 Å². The number of piperidine rings is 1. The Labute approximate surface area is 115 Å². The molecule has 6 nitrogen and oxygen atoms in total. The van der Waals surface area contributed by atoms with Crippen LogP contribution in [-0.2, 0) is 15.6 Å². The third kappa shape index (κ3) is 3.26. The van der Waals surface area contributed by atoms with Gasteiger partial charge >= 0.3 is 12.0 Å². The first-order chi connectivity index (χ1) is 8.99. The number of carboxylic acid groups (broad SMARTS) is 1. The molecule has 0 aromatic heterocycles. The van der Waals surface area contributed by atoms with E-state index in [9.17, 15) is 18.9 Å². The molecule has 0 saturated carbocycles. The fourth-order valence-corrected chi connectivity index (χ4v) is 3.67. The minimum Gasteiger partial charge on any atom is -0.480 e. The van der Waals surface area contributed by atoms with Crippen LogP contribution in [0.4, 0.5) is 4.79 Å². The van der Waals surface area contributed by atoms with Gasteiger partial charge in [0.2, 0.25) is 0 Å². The van der Waals surface area contributed by atoms with E-state index < -0.39 is 22.8 Å². The van der Waals surface area contributed by atoms with Crippen LogP contribution in [0.5, 0.6) is 0 Å². The van der Waals surface area contributed by atoms with E-state index in [0.717, 1.165) is 6.42 Å². The number of aliphatic carboxylic acids is 1. The van der Waals surface area contributed by atoms with Crippen molar-refractivity contribution < 1.29 is 18.9 Å². The highest BCUT2D eigenvalue weighted by Gasteiger charge is 2.37. The third-order valence-electron chi connectivity index (χ3n) is 3.84. The van der Waals surface area contributed by atoms with Gasteiger partial charge in [-0.25, -0.2) is 9.59 Å². The van der Waals surface area contributed by atoms with E-state index in [1.165, 1.54) is 4.90 Å². The Morgan fingerprint density at radius 3 is 2.42 bits per heavy atom. The maximum atomic E-state index is 12.4. The number of hydrogen-bond donors (Lipinski definition) is 1. The van der Waals surface area contributed by atoms with Crippen molar-refractivity contribution in [2.45, 2.75) is 25.8 Å². The molecule has 0 aliphatic carbocycles. The molecule has 7 heteroatoms. The summed E-state index contributed by atoms with van der Waals surface area (Å²) in [6.45, 7) is 3.44. The molecule has 0 radical (unpaired) electrons. The molecule has 2 atom stereocenters. The van der Waals surface area contributed by atoms with Crippen molar-refractivity contribution in [3.05, 3.63) is 0 Å². The third-order valence-corrected chi connectivity index (χ3v) is 5.12. The molecule has 2 unspecified atom stereocenters. The molecule has 19 heavy (non-hydrogen) atoms. The van der Waals surface area contributed by atoms with Crippen LogP contribution in [0.2, 0.25) is 0 Å². The van der Waals surface area contributed by atoms with Gasteiger partial charge in [-0.1, -0.05) is 6.92 Å². The summed E-state index contributed by atoms with van der Waals surface area (Å²) in [7, 11) is -0.834. The van der Waals surface area contributed by atoms with Crippen molar-refractivity contribution in [3.8, 4) is 0 Å². The summed E-state index contributed by atoms with van der Waals surface area (Å²) in [5.41, 5.74) is 0. The predicted octanol–water partition coefficient (Wildman–Crippen LogP) is 0.356. The number of nitrogens with zero attached hydrogens (tertiary/aromatic N) is 2. The van der Waals surface area contributed by atoms with Crippen LogP contribution in [0.25, 0.3) is 0 Å². The van der Waals surface area contributed by atoms with Crippen LogP contribution >= 0.6 is 0 Å². The molecule has 2 heterocycles. The number of rotatable bonds is 1. The van der Waals surface area contributed by atoms with Gasteiger partial charge in [-0.15, -0.1) is 0 Å². The molecule has 0 aromatic rings. The number of carboxylic acids is 1. The Kier molecular flexibility index (Phi) is 4.44. The number of hydrogen-bond acceptors (Lipinski definition) is 3. The van der Waals surface area contributed by atoms with E-state index in [-0.39, 0.29) is 6.03 Å². The minimum atomic E-state index is -0.930. The van der Waals surface area contributed by atoms with Gasteiger partial charge < -0.3 is 14.9 Å². The zero-order valence-electron chi connectivity index (χ0n) is 11.1. The van der Waals surface area contributed by atoms with Crippen LogP contribution in [0, 0.1) is 5.92 Å².